The van der Waals surface area contributed by atoms with Crippen molar-refractivity contribution in [3.05, 3.63) is 45.5 Å². The van der Waals surface area contributed by atoms with E-state index in [-0.39, 0.29) is 12.3 Å². The maximum absolute atomic E-state index is 12.5. The fraction of sp³-hybridized carbons (Fsp3) is 0.412. The molecule has 1 amide bonds. The molecule has 2 rings (SSSR count). The number of nitro groups is 1. The van der Waals surface area contributed by atoms with E-state index in [9.17, 15) is 29.6 Å². The Hall–Kier alpha value is -3.43. The molecule has 148 valence electrons. The van der Waals surface area contributed by atoms with Gasteiger partial charge in [0.1, 0.15) is 6.61 Å². The van der Waals surface area contributed by atoms with Gasteiger partial charge in [0.25, 0.3) is 11.5 Å². The molecule has 0 saturated carbocycles. The van der Waals surface area contributed by atoms with Gasteiger partial charge in [0.05, 0.1) is 23.0 Å². The molecule has 1 fully saturated rings. The van der Waals surface area contributed by atoms with E-state index in [0.717, 1.165) is 0 Å². The fourth-order valence-corrected chi connectivity index (χ4v) is 2.87. The SMILES string of the molecule is C[C@H](O)[C@H]1C(=O)N[C@@H]1[C@@H](C)C(=O)C(=[N+]=[N-])C(=O)OCc1ccc([N+](=O)[O-])cc1. The number of aliphatic hydroxyl groups excluding tert-OH is 1. The molecule has 0 unspecified atom stereocenters. The van der Waals surface area contributed by atoms with Crippen LogP contribution in [0.3, 0.4) is 0 Å². The predicted octanol–water partition coefficient (Wildman–Crippen LogP) is 0.00940. The number of esters is 1. The van der Waals surface area contributed by atoms with Crippen LogP contribution in [-0.2, 0) is 25.7 Å². The van der Waals surface area contributed by atoms with Crippen molar-refractivity contribution in [2.24, 2.45) is 11.8 Å². The van der Waals surface area contributed by atoms with Gasteiger partial charge in [-0.05, 0) is 24.6 Å². The van der Waals surface area contributed by atoms with E-state index in [0.29, 0.717) is 5.56 Å². The summed E-state index contributed by atoms with van der Waals surface area (Å²) in [5.41, 5.74) is 8.51. The Balaban J connectivity index is 2.00. The molecule has 0 aliphatic carbocycles. The van der Waals surface area contributed by atoms with E-state index in [2.05, 4.69) is 10.1 Å². The summed E-state index contributed by atoms with van der Waals surface area (Å²) in [5, 5.41) is 22.7. The molecule has 2 N–H and O–H groups in total. The van der Waals surface area contributed by atoms with Crippen molar-refractivity contribution in [3.8, 4) is 0 Å². The van der Waals surface area contributed by atoms with Gasteiger partial charge in [-0.15, -0.1) is 0 Å². The fourth-order valence-electron chi connectivity index (χ4n) is 2.87. The number of hydrogen-bond acceptors (Lipinski definition) is 7. The van der Waals surface area contributed by atoms with Crippen molar-refractivity contribution >= 4 is 29.1 Å². The largest absolute Gasteiger partial charge is 0.452 e. The first-order chi connectivity index (χ1) is 13.2. The molecule has 1 aliphatic heterocycles. The highest BCUT2D eigenvalue weighted by atomic mass is 16.6. The Morgan fingerprint density at radius 1 is 1.36 bits per heavy atom. The lowest BCUT2D eigenvalue weighted by atomic mass is 9.76. The molecule has 0 bridgehead atoms. The van der Waals surface area contributed by atoms with Crippen LogP contribution in [-0.4, -0.2) is 50.3 Å². The van der Waals surface area contributed by atoms with E-state index in [4.69, 9.17) is 10.3 Å². The Labute approximate surface area is 159 Å². The van der Waals surface area contributed by atoms with Crippen molar-refractivity contribution in [2.75, 3.05) is 0 Å². The molecule has 1 aromatic rings. The van der Waals surface area contributed by atoms with Gasteiger partial charge in [0.2, 0.25) is 5.91 Å². The zero-order valence-corrected chi connectivity index (χ0v) is 15.1. The molecule has 11 heteroatoms. The molecule has 0 aromatic heterocycles. The third-order valence-corrected chi connectivity index (χ3v) is 4.51. The number of aliphatic hydroxyl groups is 1. The minimum Gasteiger partial charge on any atom is -0.452 e. The van der Waals surface area contributed by atoms with E-state index in [1.165, 1.54) is 38.1 Å². The summed E-state index contributed by atoms with van der Waals surface area (Å²) < 4.78 is 4.92. The van der Waals surface area contributed by atoms with E-state index in [1.54, 1.807) is 0 Å². The molecular formula is C17H18N4O7. The number of ketones is 1. The predicted molar refractivity (Wildman–Crippen MR) is 92.8 cm³/mol. The summed E-state index contributed by atoms with van der Waals surface area (Å²) in [5.74, 6) is -4.20. The Kier molecular flexibility index (Phi) is 6.34. The molecule has 0 radical (unpaired) electrons. The second-order valence-electron chi connectivity index (χ2n) is 6.40. The number of nitrogens with one attached hydrogen (secondary N) is 1. The van der Waals surface area contributed by atoms with Crippen LogP contribution in [0.15, 0.2) is 24.3 Å². The maximum atomic E-state index is 12.5. The van der Waals surface area contributed by atoms with Crippen LogP contribution < -0.4 is 5.32 Å². The summed E-state index contributed by atoms with van der Waals surface area (Å²) in [6, 6.07) is 4.50. The zero-order valence-electron chi connectivity index (χ0n) is 15.1. The molecule has 1 heterocycles. The van der Waals surface area contributed by atoms with Crippen molar-refractivity contribution in [1.29, 1.82) is 0 Å². The lowest BCUT2D eigenvalue weighted by Gasteiger charge is -2.40. The number of hydrogen-bond donors (Lipinski definition) is 2. The van der Waals surface area contributed by atoms with Gasteiger partial charge < -0.3 is 20.7 Å². The minimum absolute atomic E-state index is 0.132. The number of carbonyl (C=O) groups excluding carboxylic acids is 3. The Morgan fingerprint density at radius 2 is 1.96 bits per heavy atom. The molecule has 1 aromatic carbocycles. The quantitative estimate of drug-likeness (QED) is 0.0919. The lowest BCUT2D eigenvalue weighted by Crippen LogP contribution is -2.66. The lowest BCUT2D eigenvalue weighted by molar-refractivity contribution is -0.384. The standard InChI is InChI=1S/C17H18N4O7/c1-8(13-12(9(2)22)16(24)19-13)15(23)14(20-18)17(25)28-7-10-3-5-11(6-4-10)21(26)27/h3-6,8-9,12-13,22H,7H2,1-2H3,(H,19,24)/t8-,9+,12-,13-/m1/s1. The number of carbonyl (C=O) groups is 3. The molecule has 11 nitrogen and oxygen atoms in total. The van der Waals surface area contributed by atoms with Gasteiger partial charge in [-0.1, -0.05) is 6.92 Å². The number of nitrogens with zero attached hydrogens (tertiary/aromatic N) is 3. The number of amides is 1. The highest BCUT2D eigenvalue weighted by molar-refractivity contribution is 6.62. The minimum atomic E-state index is -1.18. The van der Waals surface area contributed by atoms with E-state index < -0.39 is 52.3 Å². The normalized spacial score (nSPS) is 20.0. The van der Waals surface area contributed by atoms with Crippen LogP contribution in [0.5, 0.6) is 0 Å². The second-order valence-corrected chi connectivity index (χ2v) is 6.40. The van der Waals surface area contributed by atoms with Crippen LogP contribution in [0.25, 0.3) is 5.53 Å². The van der Waals surface area contributed by atoms with Crippen LogP contribution in [0.1, 0.15) is 19.4 Å². The van der Waals surface area contributed by atoms with Gasteiger partial charge in [0.15, 0.2) is 0 Å². The molecule has 1 saturated heterocycles. The summed E-state index contributed by atoms with van der Waals surface area (Å²) in [7, 11) is 0. The number of ether oxygens (including phenoxy) is 1. The number of benzene rings is 1. The maximum Gasteiger partial charge on any atom is 0.441 e. The van der Waals surface area contributed by atoms with Crippen LogP contribution in [0.4, 0.5) is 5.69 Å². The average molecular weight is 390 g/mol. The molecular weight excluding hydrogens is 372 g/mol. The summed E-state index contributed by atoms with van der Waals surface area (Å²) in [6.07, 6.45) is -0.988. The van der Waals surface area contributed by atoms with Gasteiger partial charge in [-0.25, -0.2) is 4.79 Å². The number of non-ortho nitro benzene ring substituents is 1. The highest BCUT2D eigenvalue weighted by Gasteiger charge is 2.50. The monoisotopic (exact) mass is 390 g/mol. The molecule has 4 atom stereocenters. The Bertz CT molecular complexity index is 859. The first-order valence-electron chi connectivity index (χ1n) is 8.32. The number of Topliss-reactive ketones (excluding diaryl/α,β-unsaturated/α-hetero) is 1. The van der Waals surface area contributed by atoms with Gasteiger partial charge in [0, 0.05) is 18.1 Å². The van der Waals surface area contributed by atoms with Crippen LogP contribution >= 0.6 is 0 Å². The summed E-state index contributed by atoms with van der Waals surface area (Å²) in [6.45, 7) is 2.54. The molecule has 28 heavy (non-hydrogen) atoms. The average Bonchev–Trinajstić information content (AvgIpc) is 2.63. The number of β-lactam (4-membered cyclic amide) rings is 1. The highest BCUT2D eigenvalue weighted by Crippen LogP contribution is 2.26. The van der Waals surface area contributed by atoms with E-state index >= 15 is 0 Å². The summed E-state index contributed by atoms with van der Waals surface area (Å²) >= 11 is 0. The third-order valence-electron chi connectivity index (χ3n) is 4.51. The Morgan fingerprint density at radius 3 is 2.43 bits per heavy atom. The van der Waals surface area contributed by atoms with Gasteiger partial charge >= 0.3 is 11.7 Å². The van der Waals surface area contributed by atoms with Crippen molar-refractivity contribution in [1.82, 2.24) is 5.32 Å². The number of nitro benzene ring substituents is 1. The van der Waals surface area contributed by atoms with Gasteiger partial charge in [-0.3, -0.25) is 19.7 Å². The van der Waals surface area contributed by atoms with Crippen molar-refractivity contribution in [3.63, 3.8) is 0 Å². The topological polar surface area (TPSA) is 172 Å². The number of rotatable bonds is 8. The van der Waals surface area contributed by atoms with Crippen LogP contribution in [0, 0.1) is 22.0 Å². The van der Waals surface area contributed by atoms with Crippen molar-refractivity contribution in [2.45, 2.75) is 32.6 Å². The molecule has 0 spiro atoms. The first-order valence-corrected chi connectivity index (χ1v) is 8.32. The second kappa shape index (κ2) is 8.51. The zero-order chi connectivity index (χ0) is 21.0. The smallest absolute Gasteiger partial charge is 0.441 e. The third kappa shape index (κ3) is 4.27. The molecule has 1 aliphatic rings. The van der Waals surface area contributed by atoms with Gasteiger partial charge in [-0.2, -0.15) is 4.79 Å². The summed E-state index contributed by atoms with van der Waals surface area (Å²) in [4.78, 5) is 48.8. The van der Waals surface area contributed by atoms with E-state index in [1.807, 2.05) is 0 Å². The van der Waals surface area contributed by atoms with Crippen molar-refractivity contribution < 1.29 is 33.9 Å². The van der Waals surface area contributed by atoms with Crippen LogP contribution in [0.2, 0.25) is 0 Å². The first kappa shape index (κ1) is 20.9.